The Balaban J connectivity index is 1.60. The van der Waals surface area contributed by atoms with Crippen molar-refractivity contribution < 1.29 is 14.5 Å². The monoisotopic (exact) mass is 340 g/mol. The Labute approximate surface area is 143 Å². The van der Waals surface area contributed by atoms with Crippen molar-refractivity contribution in [1.29, 1.82) is 0 Å². The molecule has 128 valence electrons. The minimum atomic E-state index is -0.501. The molecular weight excluding hydrogens is 324 g/mol. The van der Waals surface area contributed by atoms with E-state index in [9.17, 15) is 14.9 Å². The highest BCUT2D eigenvalue weighted by Gasteiger charge is 2.10. The van der Waals surface area contributed by atoms with Crippen LogP contribution >= 0.6 is 0 Å². The van der Waals surface area contributed by atoms with Gasteiger partial charge in [-0.1, -0.05) is 0 Å². The number of non-ortho nitro benzene ring substituents is 1. The van der Waals surface area contributed by atoms with Crippen molar-refractivity contribution in [2.24, 2.45) is 0 Å². The fourth-order valence-electron chi connectivity index (χ4n) is 2.46. The third kappa shape index (κ3) is 3.57. The van der Waals surface area contributed by atoms with Gasteiger partial charge in [-0.2, -0.15) is 0 Å². The first-order chi connectivity index (χ1) is 12.1. The second kappa shape index (κ2) is 7.00. The van der Waals surface area contributed by atoms with Crippen LogP contribution in [0.25, 0.3) is 5.65 Å². The number of imidazole rings is 1. The molecule has 1 amide bonds. The molecule has 0 radical (unpaired) electrons. The first-order valence-corrected chi connectivity index (χ1v) is 7.61. The van der Waals surface area contributed by atoms with E-state index < -0.39 is 4.92 Å². The summed E-state index contributed by atoms with van der Waals surface area (Å²) in [4.78, 5) is 26.7. The number of pyridine rings is 1. The molecule has 0 saturated heterocycles. The average Bonchev–Trinajstić information content (AvgIpc) is 3.04. The molecule has 0 aliphatic heterocycles. The SMILES string of the molecule is COc1cccn2cc(CCNC(=O)c3ccc([N+](=O)[O-])cc3)nc12. The van der Waals surface area contributed by atoms with Crippen molar-refractivity contribution in [3.63, 3.8) is 0 Å². The Morgan fingerprint density at radius 2 is 2.08 bits per heavy atom. The fraction of sp³-hybridized carbons (Fsp3) is 0.176. The molecule has 1 aromatic carbocycles. The highest BCUT2D eigenvalue weighted by molar-refractivity contribution is 5.94. The number of hydrogen-bond acceptors (Lipinski definition) is 5. The van der Waals surface area contributed by atoms with E-state index in [0.717, 1.165) is 11.3 Å². The molecule has 2 aromatic heterocycles. The van der Waals surface area contributed by atoms with Crippen LogP contribution in [0, 0.1) is 10.1 Å². The van der Waals surface area contributed by atoms with Gasteiger partial charge in [0.2, 0.25) is 0 Å². The molecule has 0 atom stereocenters. The van der Waals surface area contributed by atoms with E-state index in [1.165, 1.54) is 24.3 Å². The predicted octanol–water partition coefficient (Wildman–Crippen LogP) is 2.22. The molecule has 0 fully saturated rings. The number of hydrogen-bond donors (Lipinski definition) is 1. The second-order valence-corrected chi connectivity index (χ2v) is 5.35. The number of carbonyl (C=O) groups is 1. The molecule has 8 nitrogen and oxygen atoms in total. The number of nitrogens with one attached hydrogen (secondary N) is 1. The van der Waals surface area contributed by atoms with Crippen LogP contribution in [0.3, 0.4) is 0 Å². The molecule has 0 unspecified atom stereocenters. The number of nitrogens with zero attached hydrogens (tertiary/aromatic N) is 3. The third-order valence-corrected chi connectivity index (χ3v) is 3.72. The van der Waals surface area contributed by atoms with Crippen molar-refractivity contribution >= 4 is 17.2 Å². The molecule has 3 aromatic rings. The van der Waals surface area contributed by atoms with E-state index in [4.69, 9.17) is 4.74 Å². The van der Waals surface area contributed by atoms with Gasteiger partial charge in [0.1, 0.15) is 0 Å². The van der Waals surface area contributed by atoms with Gasteiger partial charge >= 0.3 is 0 Å². The number of ether oxygens (including phenoxy) is 1. The maximum atomic E-state index is 12.1. The zero-order valence-electron chi connectivity index (χ0n) is 13.5. The largest absolute Gasteiger partial charge is 0.493 e. The van der Waals surface area contributed by atoms with E-state index in [1.807, 2.05) is 28.9 Å². The van der Waals surface area contributed by atoms with Gasteiger partial charge in [0.15, 0.2) is 11.4 Å². The van der Waals surface area contributed by atoms with Crippen molar-refractivity contribution in [3.8, 4) is 5.75 Å². The van der Waals surface area contributed by atoms with Gasteiger partial charge in [-0.25, -0.2) is 4.98 Å². The average molecular weight is 340 g/mol. The number of nitro benzene ring substituents is 1. The molecule has 2 heterocycles. The van der Waals surface area contributed by atoms with Gasteiger partial charge in [0.25, 0.3) is 11.6 Å². The number of nitro groups is 1. The van der Waals surface area contributed by atoms with Crippen molar-refractivity contribution in [1.82, 2.24) is 14.7 Å². The van der Waals surface area contributed by atoms with Gasteiger partial charge < -0.3 is 14.5 Å². The summed E-state index contributed by atoms with van der Waals surface area (Å²) in [7, 11) is 1.59. The Morgan fingerprint density at radius 3 is 2.76 bits per heavy atom. The van der Waals surface area contributed by atoms with Crippen LogP contribution in [-0.2, 0) is 6.42 Å². The summed E-state index contributed by atoms with van der Waals surface area (Å²) in [5, 5.41) is 13.4. The maximum Gasteiger partial charge on any atom is 0.269 e. The quantitative estimate of drug-likeness (QED) is 0.548. The minimum Gasteiger partial charge on any atom is -0.493 e. The molecular formula is C17H16N4O4. The molecule has 8 heteroatoms. The van der Waals surface area contributed by atoms with Crippen LogP contribution in [0.2, 0.25) is 0 Å². The lowest BCUT2D eigenvalue weighted by atomic mass is 10.2. The molecule has 0 bridgehead atoms. The standard InChI is InChI=1S/C17H16N4O4/c1-25-15-3-2-10-20-11-13(19-16(15)20)8-9-18-17(22)12-4-6-14(7-5-12)21(23)24/h2-7,10-11H,8-9H2,1H3,(H,18,22). The van der Waals surface area contributed by atoms with Crippen LogP contribution in [0.4, 0.5) is 5.69 Å². The summed E-state index contributed by atoms with van der Waals surface area (Å²) in [6, 6.07) is 9.19. The van der Waals surface area contributed by atoms with Gasteiger partial charge in [0.05, 0.1) is 17.7 Å². The molecule has 25 heavy (non-hydrogen) atoms. The normalized spacial score (nSPS) is 10.6. The fourth-order valence-corrected chi connectivity index (χ4v) is 2.46. The first kappa shape index (κ1) is 16.4. The number of fused-ring (bicyclic) bond motifs is 1. The lowest BCUT2D eigenvalue weighted by Gasteiger charge is -2.03. The molecule has 3 rings (SSSR count). The van der Waals surface area contributed by atoms with Crippen LogP contribution in [0.5, 0.6) is 5.75 Å². The van der Waals surface area contributed by atoms with Gasteiger partial charge in [-0.15, -0.1) is 0 Å². The first-order valence-electron chi connectivity index (χ1n) is 7.61. The number of carbonyl (C=O) groups excluding carboxylic acids is 1. The highest BCUT2D eigenvalue weighted by Crippen LogP contribution is 2.18. The van der Waals surface area contributed by atoms with E-state index in [0.29, 0.717) is 24.3 Å². The Hall–Kier alpha value is -3.42. The van der Waals surface area contributed by atoms with Crippen LogP contribution in [0.1, 0.15) is 16.1 Å². The van der Waals surface area contributed by atoms with Gasteiger partial charge in [0, 0.05) is 43.1 Å². The van der Waals surface area contributed by atoms with Gasteiger partial charge in [-0.05, 0) is 24.3 Å². The summed E-state index contributed by atoms with van der Waals surface area (Å²) in [5.41, 5.74) is 1.88. The lowest BCUT2D eigenvalue weighted by molar-refractivity contribution is -0.384. The zero-order chi connectivity index (χ0) is 17.8. The van der Waals surface area contributed by atoms with Crippen LogP contribution in [0.15, 0.2) is 48.8 Å². The van der Waals surface area contributed by atoms with E-state index in [2.05, 4.69) is 10.3 Å². The topological polar surface area (TPSA) is 98.8 Å². The molecule has 0 saturated carbocycles. The number of benzene rings is 1. The number of aromatic nitrogens is 2. The molecule has 0 spiro atoms. The lowest BCUT2D eigenvalue weighted by Crippen LogP contribution is -2.25. The molecule has 0 aliphatic rings. The summed E-state index contributed by atoms with van der Waals surface area (Å²) in [6.45, 7) is 0.405. The smallest absolute Gasteiger partial charge is 0.269 e. The number of rotatable bonds is 6. The van der Waals surface area contributed by atoms with Crippen molar-refractivity contribution in [3.05, 3.63) is 70.2 Å². The molecule has 1 N–H and O–H groups in total. The summed E-state index contributed by atoms with van der Waals surface area (Å²) >= 11 is 0. The Morgan fingerprint density at radius 1 is 1.32 bits per heavy atom. The van der Waals surface area contributed by atoms with E-state index >= 15 is 0 Å². The number of methoxy groups -OCH3 is 1. The predicted molar refractivity (Wildman–Crippen MR) is 90.9 cm³/mol. The maximum absolute atomic E-state index is 12.1. The van der Waals surface area contributed by atoms with E-state index in [-0.39, 0.29) is 11.6 Å². The number of amides is 1. The highest BCUT2D eigenvalue weighted by atomic mass is 16.6. The van der Waals surface area contributed by atoms with Crippen LogP contribution < -0.4 is 10.1 Å². The second-order valence-electron chi connectivity index (χ2n) is 5.35. The zero-order valence-corrected chi connectivity index (χ0v) is 13.5. The van der Waals surface area contributed by atoms with Crippen LogP contribution in [-0.4, -0.2) is 33.9 Å². The van der Waals surface area contributed by atoms with Crippen molar-refractivity contribution in [2.75, 3.05) is 13.7 Å². The summed E-state index contributed by atoms with van der Waals surface area (Å²) in [5.74, 6) is 0.403. The summed E-state index contributed by atoms with van der Waals surface area (Å²) in [6.07, 6.45) is 4.32. The minimum absolute atomic E-state index is 0.0461. The summed E-state index contributed by atoms with van der Waals surface area (Å²) < 4.78 is 7.13. The molecule has 0 aliphatic carbocycles. The third-order valence-electron chi connectivity index (χ3n) is 3.72. The van der Waals surface area contributed by atoms with Crippen molar-refractivity contribution in [2.45, 2.75) is 6.42 Å². The van der Waals surface area contributed by atoms with E-state index in [1.54, 1.807) is 7.11 Å². The van der Waals surface area contributed by atoms with Gasteiger partial charge in [-0.3, -0.25) is 14.9 Å². The Kier molecular flexibility index (Phi) is 4.60. The Bertz CT molecular complexity index is 918.